The Hall–Kier alpha value is -1.25. The minimum absolute atomic E-state index is 0.0743. The summed E-state index contributed by atoms with van der Waals surface area (Å²) in [6, 6.07) is 1.13. The van der Waals surface area contributed by atoms with Crippen molar-refractivity contribution < 1.29 is 9.18 Å². The number of rotatable bonds is 2. The van der Waals surface area contributed by atoms with E-state index in [4.69, 9.17) is 11.6 Å². The van der Waals surface area contributed by atoms with Gasteiger partial charge in [0.15, 0.2) is 0 Å². The summed E-state index contributed by atoms with van der Waals surface area (Å²) in [6.45, 7) is 3.13. The lowest BCUT2D eigenvalue weighted by Gasteiger charge is -2.16. The number of nitrogens with zero attached hydrogens (tertiary/aromatic N) is 2. The standard InChI is InChI=1S/C9H8ClFN2O/c1-9(2,13-5-14)8-7(11)3-6(10)4-12-8/h3-4H,1-2H3. The molecule has 0 atom stereocenters. The molecular formula is C9H8ClFN2O. The Bertz CT molecular complexity index is 400. The predicted octanol–water partition coefficient (Wildman–Crippen LogP) is 2.45. The van der Waals surface area contributed by atoms with E-state index in [2.05, 4.69) is 9.98 Å². The predicted molar refractivity (Wildman–Crippen MR) is 50.4 cm³/mol. The Morgan fingerprint density at radius 2 is 2.29 bits per heavy atom. The minimum atomic E-state index is -1.02. The van der Waals surface area contributed by atoms with Gasteiger partial charge in [0.05, 0.1) is 5.02 Å². The summed E-state index contributed by atoms with van der Waals surface area (Å²) in [7, 11) is 0. The molecule has 0 spiro atoms. The summed E-state index contributed by atoms with van der Waals surface area (Å²) in [4.78, 5) is 17.4. The maximum atomic E-state index is 13.3. The maximum absolute atomic E-state index is 13.3. The molecule has 74 valence electrons. The van der Waals surface area contributed by atoms with Crippen molar-refractivity contribution in [2.75, 3.05) is 0 Å². The number of pyridine rings is 1. The van der Waals surface area contributed by atoms with E-state index in [-0.39, 0.29) is 10.7 Å². The average molecular weight is 215 g/mol. The van der Waals surface area contributed by atoms with E-state index in [0.29, 0.717) is 0 Å². The van der Waals surface area contributed by atoms with Gasteiger partial charge in [0.1, 0.15) is 17.1 Å². The van der Waals surface area contributed by atoms with Crippen LogP contribution in [-0.2, 0) is 10.3 Å². The van der Waals surface area contributed by atoms with Crippen LogP contribution in [0.25, 0.3) is 0 Å². The van der Waals surface area contributed by atoms with Gasteiger partial charge < -0.3 is 0 Å². The van der Waals surface area contributed by atoms with Gasteiger partial charge in [0.25, 0.3) is 0 Å². The highest BCUT2D eigenvalue weighted by Crippen LogP contribution is 2.25. The number of aliphatic imine (C=N–C) groups is 1. The highest BCUT2D eigenvalue weighted by Gasteiger charge is 2.25. The summed E-state index contributed by atoms with van der Waals surface area (Å²) in [5.41, 5.74) is -0.943. The number of carbonyl (C=O) groups excluding carboxylic acids is 1. The first kappa shape index (κ1) is 10.8. The molecule has 0 aliphatic heterocycles. The molecule has 0 bridgehead atoms. The first-order chi connectivity index (χ1) is 6.47. The van der Waals surface area contributed by atoms with E-state index in [1.165, 1.54) is 12.3 Å². The van der Waals surface area contributed by atoms with Crippen LogP contribution in [0.5, 0.6) is 0 Å². The fraction of sp³-hybridized carbons (Fsp3) is 0.333. The van der Waals surface area contributed by atoms with E-state index < -0.39 is 11.4 Å². The number of hydrogen-bond acceptors (Lipinski definition) is 3. The molecule has 0 aromatic carbocycles. The zero-order valence-electron chi connectivity index (χ0n) is 7.71. The van der Waals surface area contributed by atoms with Crippen molar-refractivity contribution in [3.8, 4) is 0 Å². The van der Waals surface area contributed by atoms with Gasteiger partial charge in [-0.05, 0) is 19.9 Å². The molecule has 0 saturated heterocycles. The van der Waals surface area contributed by atoms with Crippen LogP contribution in [0.1, 0.15) is 19.5 Å². The molecule has 0 N–H and O–H groups in total. The van der Waals surface area contributed by atoms with E-state index in [1.54, 1.807) is 13.8 Å². The van der Waals surface area contributed by atoms with Gasteiger partial charge in [-0.2, -0.15) is 4.99 Å². The van der Waals surface area contributed by atoms with E-state index in [0.717, 1.165) is 6.07 Å². The molecule has 5 heteroatoms. The van der Waals surface area contributed by atoms with Crippen molar-refractivity contribution in [3.05, 3.63) is 28.8 Å². The Morgan fingerprint density at radius 3 is 2.79 bits per heavy atom. The van der Waals surface area contributed by atoms with Crippen LogP contribution in [-0.4, -0.2) is 11.1 Å². The van der Waals surface area contributed by atoms with Crippen molar-refractivity contribution in [1.82, 2.24) is 4.98 Å². The Kier molecular flexibility index (Phi) is 2.99. The third-order valence-corrected chi connectivity index (χ3v) is 1.92. The number of hydrogen-bond donors (Lipinski definition) is 0. The molecule has 1 aromatic heterocycles. The van der Waals surface area contributed by atoms with E-state index in [9.17, 15) is 9.18 Å². The molecule has 0 aliphatic carbocycles. The molecular weight excluding hydrogens is 207 g/mol. The molecule has 1 heterocycles. The smallest absolute Gasteiger partial charge is 0.235 e. The zero-order valence-corrected chi connectivity index (χ0v) is 8.47. The molecule has 0 radical (unpaired) electrons. The molecule has 1 aromatic rings. The van der Waals surface area contributed by atoms with Crippen molar-refractivity contribution in [1.29, 1.82) is 0 Å². The van der Waals surface area contributed by atoms with Gasteiger partial charge in [-0.25, -0.2) is 9.18 Å². The molecule has 0 aliphatic rings. The molecule has 0 unspecified atom stereocenters. The molecule has 1 rings (SSSR count). The lowest BCUT2D eigenvalue weighted by atomic mass is 10.0. The Labute approximate surface area is 85.6 Å². The lowest BCUT2D eigenvalue weighted by molar-refractivity contribution is 0.475. The highest BCUT2D eigenvalue weighted by molar-refractivity contribution is 6.30. The van der Waals surface area contributed by atoms with Gasteiger partial charge in [0.2, 0.25) is 6.08 Å². The molecule has 0 amide bonds. The zero-order chi connectivity index (χ0) is 10.8. The molecule has 0 fully saturated rings. The Balaban J connectivity index is 3.25. The van der Waals surface area contributed by atoms with Crippen LogP contribution in [0.2, 0.25) is 5.02 Å². The van der Waals surface area contributed by atoms with Crippen molar-refractivity contribution >= 4 is 17.7 Å². The number of isocyanates is 1. The summed E-state index contributed by atoms with van der Waals surface area (Å²) in [5.74, 6) is -0.582. The fourth-order valence-corrected chi connectivity index (χ4v) is 1.18. The van der Waals surface area contributed by atoms with Crippen LogP contribution in [0.15, 0.2) is 17.3 Å². The lowest BCUT2D eigenvalue weighted by Crippen LogP contribution is -2.17. The Morgan fingerprint density at radius 1 is 1.64 bits per heavy atom. The third-order valence-electron chi connectivity index (χ3n) is 1.71. The minimum Gasteiger partial charge on any atom is -0.254 e. The summed E-state index contributed by atoms with van der Waals surface area (Å²) in [6.07, 6.45) is 2.69. The summed E-state index contributed by atoms with van der Waals surface area (Å²) < 4.78 is 13.3. The van der Waals surface area contributed by atoms with Crippen LogP contribution in [0, 0.1) is 5.82 Å². The van der Waals surface area contributed by atoms with Crippen LogP contribution in [0.3, 0.4) is 0 Å². The number of aromatic nitrogens is 1. The van der Waals surface area contributed by atoms with Gasteiger partial charge in [0, 0.05) is 6.20 Å². The van der Waals surface area contributed by atoms with Crippen molar-refractivity contribution in [2.24, 2.45) is 4.99 Å². The van der Waals surface area contributed by atoms with Crippen LogP contribution >= 0.6 is 11.6 Å². The summed E-state index contributed by atoms with van der Waals surface area (Å²) >= 11 is 5.53. The van der Waals surface area contributed by atoms with E-state index in [1.807, 2.05) is 0 Å². The molecule has 3 nitrogen and oxygen atoms in total. The van der Waals surface area contributed by atoms with Gasteiger partial charge in [-0.1, -0.05) is 11.6 Å². The first-order valence-electron chi connectivity index (χ1n) is 3.88. The van der Waals surface area contributed by atoms with Crippen LogP contribution in [0.4, 0.5) is 4.39 Å². The quantitative estimate of drug-likeness (QED) is 0.561. The summed E-state index contributed by atoms with van der Waals surface area (Å²) in [5, 5.41) is 0.206. The molecule has 0 saturated carbocycles. The second-order valence-electron chi connectivity index (χ2n) is 3.25. The van der Waals surface area contributed by atoms with Crippen molar-refractivity contribution in [2.45, 2.75) is 19.4 Å². The second kappa shape index (κ2) is 3.86. The monoisotopic (exact) mass is 214 g/mol. The van der Waals surface area contributed by atoms with Gasteiger partial charge in [-0.15, -0.1) is 0 Å². The van der Waals surface area contributed by atoms with Crippen LogP contribution < -0.4 is 0 Å². The third kappa shape index (κ3) is 2.16. The maximum Gasteiger partial charge on any atom is 0.235 e. The largest absolute Gasteiger partial charge is 0.254 e. The SMILES string of the molecule is CC(C)(N=C=O)c1ncc(Cl)cc1F. The number of halogens is 2. The first-order valence-corrected chi connectivity index (χ1v) is 4.26. The van der Waals surface area contributed by atoms with E-state index >= 15 is 0 Å². The second-order valence-corrected chi connectivity index (χ2v) is 3.68. The normalized spacial score (nSPS) is 10.9. The highest BCUT2D eigenvalue weighted by atomic mass is 35.5. The van der Waals surface area contributed by atoms with Crippen molar-refractivity contribution in [3.63, 3.8) is 0 Å². The topological polar surface area (TPSA) is 42.3 Å². The fourth-order valence-electron chi connectivity index (χ4n) is 1.03. The molecule has 14 heavy (non-hydrogen) atoms. The van der Waals surface area contributed by atoms with Gasteiger partial charge in [-0.3, -0.25) is 4.98 Å². The average Bonchev–Trinajstić information content (AvgIpc) is 2.02. The van der Waals surface area contributed by atoms with Gasteiger partial charge >= 0.3 is 0 Å².